The first-order valence-corrected chi connectivity index (χ1v) is 24.7. The van der Waals surface area contributed by atoms with E-state index in [1.165, 1.54) is 5.56 Å². The lowest BCUT2D eigenvalue weighted by Gasteiger charge is -2.13. The smallest absolute Gasteiger partial charge is 0.184 e. The number of hydrazone groups is 4. The summed E-state index contributed by atoms with van der Waals surface area (Å²) in [7, 11) is 0. The van der Waals surface area contributed by atoms with Crippen LogP contribution < -0.4 is 44.6 Å². The molecule has 2 aliphatic rings. The summed E-state index contributed by atoms with van der Waals surface area (Å²) in [5.41, 5.74) is 45.3. The van der Waals surface area contributed by atoms with Crippen LogP contribution in [-0.2, 0) is 25.7 Å². The van der Waals surface area contributed by atoms with Crippen LogP contribution in [0.3, 0.4) is 0 Å². The van der Waals surface area contributed by atoms with Crippen molar-refractivity contribution in [3.05, 3.63) is 69.3 Å². The molecule has 5 heterocycles. The maximum atomic E-state index is 5.58. The number of aromatic amines is 2. The predicted molar refractivity (Wildman–Crippen MR) is 301 cm³/mol. The van der Waals surface area contributed by atoms with E-state index in [1.807, 2.05) is 24.9 Å². The van der Waals surface area contributed by atoms with Gasteiger partial charge in [-0.15, -0.1) is 0 Å². The van der Waals surface area contributed by atoms with Crippen molar-refractivity contribution in [3.8, 4) is 0 Å². The largest absolute Gasteiger partial charge is 0.375 e. The van der Waals surface area contributed by atoms with Crippen LogP contribution in [0.15, 0.2) is 44.7 Å². The molecule has 0 fully saturated rings. The van der Waals surface area contributed by atoms with E-state index in [0.29, 0.717) is 17.8 Å². The fraction of sp³-hybridized carbons (Fsp3) is 0.417. The first kappa shape index (κ1) is 53.0. The first-order valence-electron chi connectivity index (χ1n) is 23.1. The average molecular weight is 995 g/mol. The molecule has 20 heteroatoms. The summed E-state index contributed by atoms with van der Waals surface area (Å²) in [6, 6.07) is 8.81. The highest BCUT2D eigenvalue weighted by molar-refractivity contribution is 7.80. The number of rotatable bonds is 24. The molecule has 4 atom stereocenters. The molecule has 8 bridgehead atoms. The molecule has 0 saturated carbocycles. The van der Waals surface area contributed by atoms with Gasteiger partial charge in [-0.25, -0.2) is 9.97 Å². The Balaban J connectivity index is 1.70. The zero-order valence-electron chi connectivity index (χ0n) is 39.3. The van der Waals surface area contributed by atoms with Gasteiger partial charge in [-0.3, -0.25) is 21.7 Å². The standard InChI is InChI=1S/C48H66N16S4/c1-29(9-5-21-53-61-45(49)65)25-33-37-13-15-39(57-37)34(26-30(2)10-6-22-54-62-46(50)66)41-17-19-43(59-41)36(28-32(4)12-8-24-56-64-48(52)68)44-20-18-42(60-44)35(40-16-14-38(33)58-40)27-31(3)11-7-23-55-63-47(51)67/h13-24,29-32,57-58H,5-12,25-28H2,1-4H3,(H3,49,61,65)(H3,50,62,66)(H3,51,63,67)(H3,52,64,68)/b37-33?,38-33?,39-34?,40-35?,41-34?,42-35?,43-36?,44-36?,53-21+,54-22+,55-23+,56-24+/t29-,30-,31-,32-/m1/s1. The maximum absolute atomic E-state index is 5.58. The number of hydrogen-bond donors (Lipinski definition) is 10. The van der Waals surface area contributed by atoms with Gasteiger partial charge in [0.05, 0.1) is 22.8 Å². The molecule has 5 rings (SSSR count). The predicted octanol–water partition coefficient (Wildman–Crippen LogP) is 7.77. The number of fused-ring (bicyclic) bond motifs is 8. The van der Waals surface area contributed by atoms with Gasteiger partial charge in [-0.05, 0) is 204 Å². The summed E-state index contributed by atoms with van der Waals surface area (Å²) in [6.07, 6.45) is 25.7. The Kier molecular flexibility index (Phi) is 21.2. The second-order valence-corrected chi connectivity index (χ2v) is 19.4. The number of aromatic nitrogens is 4. The molecule has 2 aliphatic heterocycles. The number of nitrogens with two attached hydrogens (primary N) is 4. The Morgan fingerprint density at radius 3 is 1.00 bits per heavy atom. The maximum Gasteiger partial charge on any atom is 0.184 e. The first-order chi connectivity index (χ1) is 32.7. The third-order valence-electron chi connectivity index (χ3n) is 11.6. The minimum absolute atomic E-state index is 0.140. The highest BCUT2D eigenvalue weighted by Crippen LogP contribution is 2.32. The fourth-order valence-electron chi connectivity index (χ4n) is 8.23. The van der Waals surface area contributed by atoms with Crippen molar-refractivity contribution in [2.75, 3.05) is 0 Å². The summed E-state index contributed by atoms with van der Waals surface area (Å²) in [5, 5.41) is 17.2. The summed E-state index contributed by atoms with van der Waals surface area (Å²) in [5.74, 6) is 1.20. The Labute approximate surface area is 420 Å². The van der Waals surface area contributed by atoms with Crippen molar-refractivity contribution in [1.29, 1.82) is 0 Å². The SMILES string of the molecule is C[C@H](CC/C=N/NC(N)=S)Cc1c2nc(c(C[C@H](C)CC/C=N/NC(N)=S)c3ccc([nH]3)c(C[C@H](C)CC/C=N/NC(N)=S)c3ccc([nH]3)c(C[C@H](C)CC/C=N/NC(N)=S)c3nc1C=C3)C=C2. The van der Waals surface area contributed by atoms with E-state index in [4.69, 9.17) is 81.8 Å². The van der Waals surface area contributed by atoms with Crippen molar-refractivity contribution >= 4 is 141 Å². The molecule has 362 valence electrons. The molecule has 0 amide bonds. The monoisotopic (exact) mass is 994 g/mol. The summed E-state index contributed by atoms with van der Waals surface area (Å²) in [4.78, 5) is 18.7. The van der Waals surface area contributed by atoms with Crippen LogP contribution in [0, 0.1) is 23.7 Å². The summed E-state index contributed by atoms with van der Waals surface area (Å²) in [6.45, 7) is 9.06. The van der Waals surface area contributed by atoms with Crippen LogP contribution in [-0.4, -0.2) is 65.2 Å². The van der Waals surface area contributed by atoms with Gasteiger partial charge >= 0.3 is 0 Å². The van der Waals surface area contributed by atoms with Gasteiger partial charge in [0.2, 0.25) is 0 Å². The zero-order valence-corrected chi connectivity index (χ0v) is 42.6. The summed E-state index contributed by atoms with van der Waals surface area (Å²) < 4.78 is 0. The van der Waals surface area contributed by atoms with E-state index >= 15 is 0 Å². The van der Waals surface area contributed by atoms with E-state index in [1.54, 1.807) is 0 Å². The molecule has 0 aromatic carbocycles. The van der Waals surface area contributed by atoms with Crippen molar-refractivity contribution < 1.29 is 0 Å². The molecule has 68 heavy (non-hydrogen) atoms. The van der Waals surface area contributed by atoms with Crippen LogP contribution in [0.25, 0.3) is 46.4 Å². The van der Waals surface area contributed by atoms with Crippen LogP contribution in [0.2, 0.25) is 0 Å². The van der Waals surface area contributed by atoms with Gasteiger partial charge in [0.25, 0.3) is 0 Å². The quantitative estimate of drug-likeness (QED) is 0.0161. The van der Waals surface area contributed by atoms with Gasteiger partial charge in [0.1, 0.15) is 0 Å². The minimum atomic E-state index is 0.140. The van der Waals surface area contributed by atoms with Gasteiger partial charge in [0, 0.05) is 63.6 Å². The Morgan fingerprint density at radius 1 is 0.456 bits per heavy atom. The van der Waals surface area contributed by atoms with E-state index in [-0.39, 0.29) is 26.4 Å². The lowest BCUT2D eigenvalue weighted by molar-refractivity contribution is 0.542. The van der Waals surface area contributed by atoms with Crippen LogP contribution in [0.4, 0.5) is 0 Å². The number of nitrogens with one attached hydrogen (secondary N) is 6. The number of hydrogen-bond acceptors (Lipinski definition) is 10. The highest BCUT2D eigenvalue weighted by atomic mass is 32.1. The average Bonchev–Trinajstić information content (AvgIpc) is 4.13. The van der Waals surface area contributed by atoms with Gasteiger partial charge in [0.15, 0.2) is 20.4 Å². The number of thiocarbonyl (C=S) groups is 4. The molecular formula is C48H66N16S4. The molecule has 16 nitrogen and oxygen atoms in total. The van der Waals surface area contributed by atoms with E-state index in [0.717, 1.165) is 139 Å². The lowest BCUT2D eigenvalue weighted by atomic mass is 9.95. The van der Waals surface area contributed by atoms with Crippen molar-refractivity contribution in [2.24, 2.45) is 67.0 Å². The van der Waals surface area contributed by atoms with Gasteiger partial charge in [-0.2, -0.15) is 20.4 Å². The van der Waals surface area contributed by atoms with E-state index in [2.05, 4.69) is 128 Å². The van der Waals surface area contributed by atoms with Crippen molar-refractivity contribution in [2.45, 2.75) is 105 Å². The third kappa shape index (κ3) is 17.3. The topological polar surface area (TPSA) is 259 Å². The van der Waals surface area contributed by atoms with Gasteiger partial charge in [-0.1, -0.05) is 27.7 Å². The van der Waals surface area contributed by atoms with Crippen LogP contribution in [0.1, 0.15) is 124 Å². The normalized spacial score (nSPS) is 14.2. The van der Waals surface area contributed by atoms with E-state index < -0.39 is 0 Å². The second kappa shape index (κ2) is 27.1. The molecule has 3 aromatic heterocycles. The molecule has 0 spiro atoms. The Bertz CT molecular complexity index is 2470. The second-order valence-electron chi connectivity index (χ2n) is 17.6. The third-order valence-corrected chi connectivity index (χ3v) is 12.0. The fourth-order valence-corrected chi connectivity index (χ4v) is 8.45. The number of nitrogens with zero attached hydrogens (tertiary/aromatic N) is 6. The van der Waals surface area contributed by atoms with Crippen LogP contribution in [0.5, 0.6) is 0 Å². The zero-order chi connectivity index (χ0) is 49.0. The number of H-pyrrole nitrogens is 2. The molecule has 0 saturated heterocycles. The molecular weight excluding hydrogens is 929 g/mol. The molecule has 0 radical (unpaired) electrons. The van der Waals surface area contributed by atoms with E-state index in [9.17, 15) is 0 Å². The molecule has 0 aliphatic carbocycles. The Hall–Kier alpha value is -5.96. The molecule has 0 unspecified atom stereocenters. The molecule has 3 aromatic rings. The Morgan fingerprint density at radius 2 is 0.706 bits per heavy atom. The molecule has 14 N–H and O–H groups in total. The summed E-state index contributed by atoms with van der Waals surface area (Å²) >= 11 is 19.7. The lowest BCUT2D eigenvalue weighted by Crippen LogP contribution is -2.23. The van der Waals surface area contributed by atoms with Gasteiger partial charge < -0.3 is 32.9 Å². The van der Waals surface area contributed by atoms with Crippen molar-refractivity contribution in [3.63, 3.8) is 0 Å². The minimum Gasteiger partial charge on any atom is -0.375 e. The highest BCUT2D eigenvalue weighted by Gasteiger charge is 2.20. The van der Waals surface area contributed by atoms with Crippen LogP contribution >= 0.6 is 48.9 Å². The van der Waals surface area contributed by atoms with Crippen molar-refractivity contribution in [1.82, 2.24) is 41.6 Å².